The Morgan fingerprint density at radius 3 is 2.46 bits per heavy atom. The number of ketones is 3. The summed E-state index contributed by atoms with van der Waals surface area (Å²) in [6.45, 7) is 0. The van der Waals surface area contributed by atoms with E-state index in [1.807, 2.05) is 0 Å². The molecule has 0 spiro atoms. The maximum absolute atomic E-state index is 12.4. The van der Waals surface area contributed by atoms with Gasteiger partial charge in [-0.1, -0.05) is 36.4 Å². The first-order chi connectivity index (χ1) is 11.5. The molecular weight excluding hydrogens is 310 g/mol. The van der Waals surface area contributed by atoms with Gasteiger partial charge in [0.2, 0.25) is 0 Å². The number of fused-ring (bicyclic) bond motifs is 1. The number of nitrogens with zero attached hydrogens (tertiary/aromatic N) is 1. The highest BCUT2D eigenvalue weighted by atomic mass is 16.6. The molecule has 0 saturated carbocycles. The lowest BCUT2D eigenvalue weighted by Crippen LogP contribution is -2.23. The average molecular weight is 323 g/mol. The molecule has 2 aromatic carbocycles. The number of Topliss-reactive ketones (excluding diaryl/α,β-unsaturated/α-hetero) is 3. The van der Waals surface area contributed by atoms with Crippen LogP contribution in [0.15, 0.2) is 48.5 Å². The number of nitro groups is 1. The van der Waals surface area contributed by atoms with Crippen LogP contribution in [-0.2, 0) is 11.2 Å². The van der Waals surface area contributed by atoms with E-state index < -0.39 is 28.8 Å². The second-order valence-corrected chi connectivity index (χ2v) is 5.62. The number of rotatable bonds is 5. The third-order valence-electron chi connectivity index (χ3n) is 4.15. The molecule has 6 nitrogen and oxygen atoms in total. The van der Waals surface area contributed by atoms with E-state index in [2.05, 4.69) is 0 Å². The van der Waals surface area contributed by atoms with Crippen LogP contribution in [0.1, 0.15) is 32.7 Å². The number of hydrogen-bond acceptors (Lipinski definition) is 5. The van der Waals surface area contributed by atoms with Crippen LogP contribution in [0.5, 0.6) is 0 Å². The number of benzene rings is 2. The molecule has 0 heterocycles. The fourth-order valence-corrected chi connectivity index (χ4v) is 2.94. The Bertz CT molecular complexity index is 871. The van der Waals surface area contributed by atoms with Crippen LogP contribution in [0.2, 0.25) is 0 Å². The number of carbonyl (C=O) groups excluding carboxylic acids is 3. The van der Waals surface area contributed by atoms with Crippen molar-refractivity contribution in [1.82, 2.24) is 0 Å². The third kappa shape index (κ3) is 2.74. The summed E-state index contributed by atoms with van der Waals surface area (Å²) in [6.07, 6.45) is -0.243. The van der Waals surface area contributed by atoms with Crippen LogP contribution < -0.4 is 0 Å². The highest BCUT2D eigenvalue weighted by molar-refractivity contribution is 6.19. The van der Waals surface area contributed by atoms with Gasteiger partial charge >= 0.3 is 0 Å². The molecule has 0 radical (unpaired) electrons. The van der Waals surface area contributed by atoms with Gasteiger partial charge < -0.3 is 0 Å². The minimum absolute atomic E-state index is 0.112. The van der Waals surface area contributed by atoms with Crippen LogP contribution in [0.3, 0.4) is 0 Å². The van der Waals surface area contributed by atoms with Crippen LogP contribution in [0, 0.1) is 16.0 Å². The Kier molecular flexibility index (Phi) is 4.04. The summed E-state index contributed by atoms with van der Waals surface area (Å²) in [5, 5.41) is 11.0. The Morgan fingerprint density at radius 2 is 1.75 bits per heavy atom. The molecule has 0 bridgehead atoms. The standard InChI is InChI=1S/C18H13NO5/c20-16(13-7-3-4-8-15(13)19(23)24)10-17(21)14-9-11-5-1-2-6-12(11)18(14)22/h1-8,14H,9-10H2. The van der Waals surface area contributed by atoms with Gasteiger partial charge in [0.15, 0.2) is 17.3 Å². The fourth-order valence-electron chi connectivity index (χ4n) is 2.94. The Morgan fingerprint density at radius 1 is 1.08 bits per heavy atom. The lowest BCUT2D eigenvalue weighted by atomic mass is 9.93. The summed E-state index contributed by atoms with van der Waals surface area (Å²) < 4.78 is 0. The van der Waals surface area contributed by atoms with E-state index in [1.54, 1.807) is 24.3 Å². The zero-order valence-electron chi connectivity index (χ0n) is 12.6. The van der Waals surface area contributed by atoms with Crippen LogP contribution in [0.25, 0.3) is 0 Å². The van der Waals surface area contributed by atoms with Crippen molar-refractivity contribution < 1.29 is 19.3 Å². The lowest BCUT2D eigenvalue weighted by Gasteiger charge is -2.06. The van der Waals surface area contributed by atoms with E-state index >= 15 is 0 Å². The molecular formula is C18H13NO5. The molecule has 120 valence electrons. The molecule has 1 aliphatic rings. The first-order valence-corrected chi connectivity index (χ1v) is 7.40. The molecule has 1 atom stereocenters. The largest absolute Gasteiger partial charge is 0.298 e. The van der Waals surface area contributed by atoms with E-state index in [0.717, 1.165) is 5.56 Å². The quantitative estimate of drug-likeness (QED) is 0.365. The Hall–Kier alpha value is -3.15. The van der Waals surface area contributed by atoms with Crippen molar-refractivity contribution in [3.05, 3.63) is 75.3 Å². The summed E-state index contributed by atoms with van der Waals surface area (Å²) in [4.78, 5) is 47.3. The van der Waals surface area contributed by atoms with E-state index in [-0.39, 0.29) is 23.5 Å². The second-order valence-electron chi connectivity index (χ2n) is 5.62. The molecule has 0 amide bonds. The summed E-state index contributed by atoms with van der Waals surface area (Å²) in [6, 6.07) is 12.4. The molecule has 6 heteroatoms. The molecule has 3 rings (SSSR count). The van der Waals surface area contributed by atoms with E-state index in [1.165, 1.54) is 24.3 Å². The van der Waals surface area contributed by atoms with Crippen molar-refractivity contribution in [3.63, 3.8) is 0 Å². The lowest BCUT2D eigenvalue weighted by molar-refractivity contribution is -0.385. The maximum Gasteiger partial charge on any atom is 0.280 e. The van der Waals surface area contributed by atoms with Gasteiger partial charge in [-0.2, -0.15) is 0 Å². The zero-order chi connectivity index (χ0) is 17.3. The Balaban J connectivity index is 1.78. The van der Waals surface area contributed by atoms with Gasteiger partial charge in [0.1, 0.15) is 0 Å². The predicted molar refractivity (Wildman–Crippen MR) is 85.0 cm³/mol. The molecule has 0 saturated heterocycles. The van der Waals surface area contributed by atoms with E-state index in [0.29, 0.717) is 5.56 Å². The van der Waals surface area contributed by atoms with Gasteiger partial charge in [-0.15, -0.1) is 0 Å². The van der Waals surface area contributed by atoms with Gasteiger partial charge in [-0.3, -0.25) is 24.5 Å². The second kappa shape index (κ2) is 6.16. The number of para-hydroxylation sites is 1. The van der Waals surface area contributed by atoms with Crippen LogP contribution >= 0.6 is 0 Å². The van der Waals surface area contributed by atoms with Gasteiger partial charge in [-0.05, 0) is 18.1 Å². The van der Waals surface area contributed by atoms with E-state index in [4.69, 9.17) is 0 Å². The smallest absolute Gasteiger partial charge is 0.280 e. The highest BCUT2D eigenvalue weighted by Crippen LogP contribution is 2.29. The van der Waals surface area contributed by atoms with E-state index in [9.17, 15) is 24.5 Å². The summed E-state index contributed by atoms with van der Waals surface area (Å²) in [5.41, 5.74) is 0.850. The molecule has 0 aromatic heterocycles. The zero-order valence-corrected chi connectivity index (χ0v) is 12.6. The monoisotopic (exact) mass is 323 g/mol. The van der Waals surface area contributed by atoms with Gasteiger partial charge in [0.25, 0.3) is 5.69 Å². The first-order valence-electron chi connectivity index (χ1n) is 7.40. The minimum atomic E-state index is -0.880. The first kappa shape index (κ1) is 15.7. The fraction of sp³-hybridized carbons (Fsp3) is 0.167. The van der Waals surface area contributed by atoms with Crippen molar-refractivity contribution >= 4 is 23.0 Å². The summed E-state index contributed by atoms with van der Waals surface area (Å²) >= 11 is 0. The molecule has 2 aromatic rings. The molecule has 0 fully saturated rings. The minimum Gasteiger partial charge on any atom is -0.298 e. The third-order valence-corrected chi connectivity index (χ3v) is 4.15. The molecule has 0 aliphatic heterocycles. The average Bonchev–Trinajstić information content (AvgIpc) is 2.92. The van der Waals surface area contributed by atoms with Crippen molar-refractivity contribution in [2.75, 3.05) is 0 Å². The topological polar surface area (TPSA) is 94.3 Å². The maximum atomic E-state index is 12.4. The molecule has 1 aliphatic carbocycles. The van der Waals surface area contributed by atoms with Crippen molar-refractivity contribution in [3.8, 4) is 0 Å². The summed E-state index contributed by atoms with van der Waals surface area (Å²) in [5.74, 6) is -2.31. The van der Waals surface area contributed by atoms with Crippen molar-refractivity contribution in [2.45, 2.75) is 12.8 Å². The summed E-state index contributed by atoms with van der Waals surface area (Å²) in [7, 11) is 0. The molecule has 1 unspecified atom stereocenters. The number of hydrogen-bond donors (Lipinski definition) is 0. The Labute approximate surface area is 137 Å². The number of carbonyl (C=O) groups is 3. The van der Waals surface area contributed by atoms with Crippen molar-refractivity contribution in [1.29, 1.82) is 0 Å². The molecule has 24 heavy (non-hydrogen) atoms. The van der Waals surface area contributed by atoms with Crippen LogP contribution in [0.4, 0.5) is 5.69 Å². The van der Waals surface area contributed by atoms with Crippen LogP contribution in [-0.4, -0.2) is 22.3 Å². The SMILES string of the molecule is O=C(CC(=O)C1Cc2ccccc2C1=O)c1ccccc1[N+](=O)[O-]. The van der Waals surface area contributed by atoms with Gasteiger partial charge in [-0.25, -0.2) is 0 Å². The molecule has 0 N–H and O–H groups in total. The van der Waals surface area contributed by atoms with Crippen molar-refractivity contribution in [2.24, 2.45) is 5.92 Å². The number of nitro benzene ring substituents is 1. The highest BCUT2D eigenvalue weighted by Gasteiger charge is 2.36. The normalized spacial score (nSPS) is 15.8. The van der Waals surface area contributed by atoms with Gasteiger partial charge in [0.05, 0.1) is 22.8 Å². The predicted octanol–water partition coefficient (Wildman–Crippen LogP) is 2.79. The van der Waals surface area contributed by atoms with Gasteiger partial charge in [0, 0.05) is 11.6 Å².